The number of hydrogen-bond donors (Lipinski definition) is 1. The predicted octanol–water partition coefficient (Wildman–Crippen LogP) is 6.09. The second-order valence-corrected chi connectivity index (χ2v) is 17.3. The molecule has 5 unspecified atom stereocenters. The Bertz CT molecular complexity index is 1060. The third-order valence-electron chi connectivity index (χ3n) is 9.41. The molecule has 1 spiro atoms. The van der Waals surface area contributed by atoms with Crippen LogP contribution in [0.15, 0.2) is 49.2 Å². The van der Waals surface area contributed by atoms with E-state index in [-0.39, 0.29) is 11.5 Å². The van der Waals surface area contributed by atoms with Crippen molar-refractivity contribution in [3.63, 3.8) is 0 Å². The van der Waals surface area contributed by atoms with Crippen molar-refractivity contribution in [3.8, 4) is 11.3 Å². The second kappa shape index (κ2) is 8.20. The van der Waals surface area contributed by atoms with Gasteiger partial charge >= 0.3 is 0 Å². The summed E-state index contributed by atoms with van der Waals surface area (Å²) in [5, 5.41) is 5.36. The molecule has 3 heteroatoms. The van der Waals surface area contributed by atoms with Crippen molar-refractivity contribution in [1.82, 2.24) is 5.32 Å². The summed E-state index contributed by atoms with van der Waals surface area (Å²) in [4.78, 5) is 0. The van der Waals surface area contributed by atoms with Crippen LogP contribution in [0.1, 0.15) is 69.0 Å². The molecular weight excluding hydrogens is 416 g/mol. The number of benzene rings is 1. The molecule has 2 aromatic rings. The number of pyridine rings is 1. The number of nitrogens with one attached hydrogen (secondary N) is 1. The van der Waals surface area contributed by atoms with Crippen LogP contribution in [-0.2, 0) is 5.41 Å². The average molecular weight is 460 g/mol. The Balaban J connectivity index is 1.76. The van der Waals surface area contributed by atoms with E-state index in [1.807, 2.05) is 0 Å². The maximum Gasteiger partial charge on any atom is 0.213 e. The highest BCUT2D eigenvalue weighted by Crippen LogP contribution is 2.57. The quantitative estimate of drug-likeness (QED) is 0.325. The SMILES string of the molecule is C=CC1[n+]2cc([Si](C)(C)C)c(C(C)C3CCCC3)cc2-c2ccccc2C12CC(C)C2NC. The second-order valence-electron chi connectivity index (χ2n) is 12.2. The number of nitrogens with zero attached hydrogens (tertiary/aromatic N) is 1. The van der Waals surface area contributed by atoms with E-state index in [0.717, 1.165) is 5.92 Å². The fourth-order valence-electron chi connectivity index (χ4n) is 7.84. The third kappa shape index (κ3) is 3.33. The van der Waals surface area contributed by atoms with E-state index >= 15 is 0 Å². The van der Waals surface area contributed by atoms with Gasteiger partial charge in [-0.05, 0) is 67.3 Å². The van der Waals surface area contributed by atoms with Crippen molar-refractivity contribution in [1.29, 1.82) is 0 Å². The average Bonchev–Trinajstić information content (AvgIpc) is 3.32. The number of hydrogen-bond acceptors (Lipinski definition) is 1. The Hall–Kier alpha value is -1.71. The van der Waals surface area contributed by atoms with Crippen LogP contribution in [0.3, 0.4) is 0 Å². The molecule has 5 atom stereocenters. The largest absolute Gasteiger partial charge is 0.316 e. The van der Waals surface area contributed by atoms with Gasteiger partial charge in [0, 0.05) is 17.3 Å². The summed E-state index contributed by atoms with van der Waals surface area (Å²) >= 11 is 0. The van der Waals surface area contributed by atoms with Crippen LogP contribution < -0.4 is 15.1 Å². The van der Waals surface area contributed by atoms with Gasteiger partial charge in [-0.15, -0.1) is 0 Å². The molecule has 2 nitrogen and oxygen atoms in total. The van der Waals surface area contributed by atoms with Crippen molar-refractivity contribution in [2.24, 2.45) is 11.8 Å². The molecular formula is C30H43N2Si+. The first kappa shape index (κ1) is 23.0. The van der Waals surface area contributed by atoms with Crippen LogP contribution in [0.5, 0.6) is 0 Å². The fourth-order valence-corrected chi connectivity index (χ4v) is 9.53. The van der Waals surface area contributed by atoms with E-state index in [1.54, 1.807) is 10.8 Å². The number of fused-ring (bicyclic) bond motifs is 4. The van der Waals surface area contributed by atoms with E-state index in [9.17, 15) is 0 Å². The van der Waals surface area contributed by atoms with Crippen LogP contribution in [-0.4, -0.2) is 21.2 Å². The molecule has 1 aromatic carbocycles. The zero-order chi connectivity index (χ0) is 23.5. The van der Waals surface area contributed by atoms with Gasteiger partial charge in [0.15, 0.2) is 12.2 Å². The molecule has 2 heterocycles. The van der Waals surface area contributed by atoms with Gasteiger partial charge < -0.3 is 5.32 Å². The third-order valence-corrected chi connectivity index (χ3v) is 11.4. The number of allylic oxidation sites excluding steroid dienone is 1. The van der Waals surface area contributed by atoms with E-state index in [4.69, 9.17) is 0 Å². The molecule has 2 aliphatic carbocycles. The lowest BCUT2D eigenvalue weighted by atomic mass is 9.50. The van der Waals surface area contributed by atoms with E-state index < -0.39 is 8.07 Å². The van der Waals surface area contributed by atoms with Crippen molar-refractivity contribution in [3.05, 3.63) is 60.3 Å². The van der Waals surface area contributed by atoms with Gasteiger partial charge in [-0.2, -0.15) is 4.57 Å². The van der Waals surface area contributed by atoms with Crippen LogP contribution in [0.25, 0.3) is 11.3 Å². The Kier molecular flexibility index (Phi) is 5.73. The zero-order valence-electron chi connectivity index (χ0n) is 21.6. The lowest BCUT2D eigenvalue weighted by Crippen LogP contribution is -2.71. The fraction of sp³-hybridized carbons (Fsp3) is 0.567. The number of likely N-dealkylation sites (N-methyl/N-ethyl adjacent to an activating group) is 1. The van der Waals surface area contributed by atoms with Crippen LogP contribution in [0.2, 0.25) is 19.6 Å². The van der Waals surface area contributed by atoms with E-state index in [0.29, 0.717) is 17.9 Å². The predicted molar refractivity (Wildman–Crippen MR) is 143 cm³/mol. The van der Waals surface area contributed by atoms with Crippen LogP contribution in [0.4, 0.5) is 0 Å². The minimum atomic E-state index is -1.53. The van der Waals surface area contributed by atoms with E-state index in [2.05, 4.69) is 99.6 Å². The van der Waals surface area contributed by atoms with Crippen molar-refractivity contribution in [2.45, 2.75) is 89.0 Å². The van der Waals surface area contributed by atoms with E-state index in [1.165, 1.54) is 48.9 Å². The van der Waals surface area contributed by atoms with Gasteiger partial charge in [-0.25, -0.2) is 0 Å². The summed E-state index contributed by atoms with van der Waals surface area (Å²) in [5.74, 6) is 2.15. The molecule has 33 heavy (non-hydrogen) atoms. The molecule has 1 aromatic heterocycles. The summed E-state index contributed by atoms with van der Waals surface area (Å²) < 4.78 is 2.63. The normalized spacial score (nSPS) is 29.9. The van der Waals surface area contributed by atoms with Crippen molar-refractivity contribution >= 4 is 13.3 Å². The highest BCUT2D eigenvalue weighted by Gasteiger charge is 2.63. The standard InChI is InChI=1S/C30H43N2Si/c1-8-28-30(18-20(2)29(30)31-4)25-16-12-11-15-23(25)26-17-24(21(3)22-13-9-10-14-22)27(19-32(26)28)33(5,6)7/h8,11-12,15-17,19-22,28-29,31H,1,9-10,13-14,18H2,2-7H3/q+1. The molecule has 0 saturated heterocycles. The van der Waals surface area contributed by atoms with Crippen molar-refractivity contribution in [2.75, 3.05) is 7.05 Å². The number of rotatable bonds is 5. The Morgan fingerprint density at radius 1 is 1.18 bits per heavy atom. The zero-order valence-corrected chi connectivity index (χ0v) is 22.6. The summed E-state index contributed by atoms with van der Waals surface area (Å²) in [6, 6.07) is 12.6. The Morgan fingerprint density at radius 2 is 1.88 bits per heavy atom. The first-order valence-corrected chi connectivity index (χ1v) is 16.7. The van der Waals surface area contributed by atoms with Gasteiger partial charge in [0.1, 0.15) is 0 Å². The monoisotopic (exact) mass is 459 g/mol. The minimum Gasteiger partial charge on any atom is -0.316 e. The van der Waals surface area contributed by atoms with Gasteiger partial charge in [0.05, 0.1) is 19.1 Å². The molecule has 0 amide bonds. The summed E-state index contributed by atoms with van der Waals surface area (Å²) in [7, 11) is 0.611. The molecule has 1 N–H and O–H groups in total. The maximum absolute atomic E-state index is 4.40. The van der Waals surface area contributed by atoms with Gasteiger partial charge in [-0.1, -0.05) is 71.1 Å². The topological polar surface area (TPSA) is 15.9 Å². The number of aromatic nitrogens is 1. The molecule has 3 aliphatic rings. The molecule has 2 fully saturated rings. The van der Waals surface area contributed by atoms with Gasteiger partial charge in [0.25, 0.3) is 0 Å². The lowest BCUT2D eigenvalue weighted by Gasteiger charge is -2.57. The molecule has 1 aliphatic heterocycles. The summed E-state index contributed by atoms with van der Waals surface area (Å²) in [6.45, 7) is 16.9. The van der Waals surface area contributed by atoms with Crippen molar-refractivity contribution < 1.29 is 4.57 Å². The maximum atomic E-state index is 4.40. The molecule has 0 radical (unpaired) electrons. The Labute approximate surface area is 202 Å². The molecule has 5 rings (SSSR count). The summed E-state index contributed by atoms with van der Waals surface area (Å²) in [6.07, 6.45) is 11.6. The minimum absolute atomic E-state index is 0.0828. The van der Waals surface area contributed by atoms with Crippen LogP contribution >= 0.6 is 0 Å². The van der Waals surface area contributed by atoms with Gasteiger partial charge in [-0.3, -0.25) is 0 Å². The molecule has 0 bridgehead atoms. The highest BCUT2D eigenvalue weighted by molar-refractivity contribution is 6.89. The lowest BCUT2D eigenvalue weighted by molar-refractivity contribution is -0.716. The van der Waals surface area contributed by atoms with Crippen LogP contribution in [0, 0.1) is 11.8 Å². The smallest absolute Gasteiger partial charge is 0.213 e. The summed E-state index contributed by atoms with van der Waals surface area (Å²) in [5.41, 5.74) is 6.07. The van der Waals surface area contributed by atoms with Gasteiger partial charge in [0.2, 0.25) is 5.69 Å². The molecule has 176 valence electrons. The Morgan fingerprint density at radius 3 is 2.48 bits per heavy atom. The highest BCUT2D eigenvalue weighted by atomic mass is 28.3. The first-order chi connectivity index (χ1) is 15.7. The first-order valence-electron chi connectivity index (χ1n) is 13.2. The molecule has 2 saturated carbocycles.